The molecular formula is C24H32N4O. The van der Waals surface area contributed by atoms with E-state index in [1.165, 1.54) is 42.6 Å². The van der Waals surface area contributed by atoms with E-state index in [-0.39, 0.29) is 6.03 Å². The lowest BCUT2D eigenvalue weighted by Crippen LogP contribution is -2.44. The van der Waals surface area contributed by atoms with Gasteiger partial charge in [-0.25, -0.2) is 4.79 Å². The smallest absolute Gasteiger partial charge is 0.317 e. The highest BCUT2D eigenvalue weighted by Crippen LogP contribution is 2.27. The van der Waals surface area contributed by atoms with Gasteiger partial charge in [-0.2, -0.15) is 0 Å². The summed E-state index contributed by atoms with van der Waals surface area (Å²) < 4.78 is 0. The van der Waals surface area contributed by atoms with Crippen molar-refractivity contribution in [1.29, 1.82) is 0 Å². The Balaban J connectivity index is 1.16. The summed E-state index contributed by atoms with van der Waals surface area (Å²) in [5.41, 5.74) is 4.01. The third-order valence-electron chi connectivity index (χ3n) is 6.28. The van der Waals surface area contributed by atoms with Gasteiger partial charge in [-0.15, -0.1) is 0 Å². The lowest BCUT2D eigenvalue weighted by molar-refractivity contribution is 0.181. The molecule has 5 heteroatoms. The molecule has 2 saturated heterocycles. The van der Waals surface area contributed by atoms with Crippen LogP contribution in [0, 0.1) is 0 Å². The average Bonchev–Trinajstić information content (AvgIpc) is 3.29. The number of pyridine rings is 1. The number of urea groups is 1. The minimum absolute atomic E-state index is 0.0730. The number of rotatable bonds is 6. The van der Waals surface area contributed by atoms with E-state index in [1.807, 2.05) is 17.3 Å². The molecule has 2 fully saturated rings. The van der Waals surface area contributed by atoms with Gasteiger partial charge >= 0.3 is 6.03 Å². The number of likely N-dealkylation sites (tertiary alicyclic amines) is 2. The molecule has 1 N–H and O–H groups in total. The molecule has 2 aliphatic rings. The molecule has 2 amide bonds. The Hall–Kier alpha value is -2.40. The Labute approximate surface area is 174 Å². The van der Waals surface area contributed by atoms with Crippen molar-refractivity contribution in [3.8, 4) is 0 Å². The van der Waals surface area contributed by atoms with Gasteiger partial charge in [0.2, 0.25) is 0 Å². The van der Waals surface area contributed by atoms with Gasteiger partial charge in [0.1, 0.15) is 0 Å². The number of benzene rings is 1. The maximum Gasteiger partial charge on any atom is 0.317 e. The molecule has 3 heterocycles. The third-order valence-corrected chi connectivity index (χ3v) is 6.28. The predicted molar refractivity (Wildman–Crippen MR) is 116 cm³/mol. The number of carbonyl (C=O) groups excluding carboxylic acids is 1. The van der Waals surface area contributed by atoms with Gasteiger partial charge in [0.15, 0.2) is 0 Å². The van der Waals surface area contributed by atoms with Crippen molar-refractivity contribution in [2.75, 3.05) is 32.7 Å². The molecule has 1 aromatic carbocycles. The van der Waals surface area contributed by atoms with Crippen LogP contribution in [0.4, 0.5) is 4.79 Å². The predicted octanol–water partition coefficient (Wildman–Crippen LogP) is 3.81. The number of carbonyl (C=O) groups is 1. The fourth-order valence-electron chi connectivity index (χ4n) is 4.49. The lowest BCUT2D eigenvalue weighted by atomic mass is 9.90. The van der Waals surface area contributed by atoms with E-state index in [0.717, 1.165) is 38.9 Å². The summed E-state index contributed by atoms with van der Waals surface area (Å²) in [6, 6.07) is 13.1. The Morgan fingerprint density at radius 3 is 2.28 bits per heavy atom. The monoisotopic (exact) mass is 392 g/mol. The van der Waals surface area contributed by atoms with Crippen LogP contribution in [0.5, 0.6) is 0 Å². The Morgan fingerprint density at radius 1 is 0.931 bits per heavy atom. The molecule has 1 aromatic heterocycles. The second-order valence-corrected chi connectivity index (χ2v) is 8.32. The van der Waals surface area contributed by atoms with Crippen molar-refractivity contribution >= 4 is 6.03 Å². The Bertz CT molecular complexity index is 763. The minimum atomic E-state index is 0.0730. The average molecular weight is 393 g/mol. The van der Waals surface area contributed by atoms with Gasteiger partial charge in [0.25, 0.3) is 0 Å². The van der Waals surface area contributed by atoms with E-state index in [9.17, 15) is 4.79 Å². The third kappa shape index (κ3) is 5.57. The highest BCUT2D eigenvalue weighted by Gasteiger charge is 2.23. The molecule has 0 bridgehead atoms. The Morgan fingerprint density at radius 2 is 1.59 bits per heavy atom. The van der Waals surface area contributed by atoms with Crippen LogP contribution < -0.4 is 5.32 Å². The standard InChI is InChI=1S/C24H32N4O/c29-24(28-17-10-23(11-18-28)22-8-12-25-13-9-22)26-14-7-20-3-5-21(6-4-20)19-27-15-1-2-16-27/h3-6,8-9,12-13,23H,1-2,7,10-11,14-19H2,(H,26,29). The lowest BCUT2D eigenvalue weighted by Gasteiger charge is -2.32. The number of amides is 2. The van der Waals surface area contributed by atoms with Crippen LogP contribution in [0.3, 0.4) is 0 Å². The molecule has 29 heavy (non-hydrogen) atoms. The van der Waals surface area contributed by atoms with Crippen molar-refractivity contribution in [3.05, 3.63) is 65.5 Å². The normalized spacial score (nSPS) is 18.1. The van der Waals surface area contributed by atoms with E-state index in [1.54, 1.807) is 0 Å². The molecule has 0 saturated carbocycles. The zero-order valence-corrected chi connectivity index (χ0v) is 17.2. The second kappa shape index (κ2) is 9.88. The zero-order valence-electron chi connectivity index (χ0n) is 17.2. The van der Waals surface area contributed by atoms with Crippen LogP contribution >= 0.6 is 0 Å². The van der Waals surface area contributed by atoms with Crippen LogP contribution in [-0.2, 0) is 13.0 Å². The first-order valence-corrected chi connectivity index (χ1v) is 11.0. The van der Waals surface area contributed by atoms with E-state index in [0.29, 0.717) is 12.5 Å². The number of hydrogen-bond donors (Lipinski definition) is 1. The first-order valence-electron chi connectivity index (χ1n) is 11.0. The summed E-state index contributed by atoms with van der Waals surface area (Å²) in [5, 5.41) is 3.10. The first-order chi connectivity index (χ1) is 14.3. The molecule has 0 aliphatic carbocycles. The summed E-state index contributed by atoms with van der Waals surface area (Å²) in [7, 11) is 0. The van der Waals surface area contributed by atoms with E-state index in [4.69, 9.17) is 0 Å². The van der Waals surface area contributed by atoms with Crippen LogP contribution in [0.1, 0.15) is 48.3 Å². The van der Waals surface area contributed by atoms with Crippen LogP contribution in [0.25, 0.3) is 0 Å². The molecule has 5 nitrogen and oxygen atoms in total. The molecule has 0 spiro atoms. The minimum Gasteiger partial charge on any atom is -0.338 e. The van der Waals surface area contributed by atoms with E-state index >= 15 is 0 Å². The maximum absolute atomic E-state index is 12.5. The van der Waals surface area contributed by atoms with Gasteiger partial charge in [-0.05, 0) is 79.9 Å². The van der Waals surface area contributed by atoms with Crippen molar-refractivity contribution in [3.63, 3.8) is 0 Å². The van der Waals surface area contributed by atoms with Crippen LogP contribution in [0.15, 0.2) is 48.8 Å². The molecule has 0 atom stereocenters. The van der Waals surface area contributed by atoms with Crippen LogP contribution in [-0.4, -0.2) is 53.5 Å². The molecule has 0 unspecified atom stereocenters. The van der Waals surface area contributed by atoms with Gasteiger partial charge in [0, 0.05) is 38.6 Å². The molecule has 2 aliphatic heterocycles. The molecule has 2 aromatic rings. The Kier molecular flexibility index (Phi) is 6.78. The van der Waals surface area contributed by atoms with Gasteiger partial charge in [-0.1, -0.05) is 24.3 Å². The number of aromatic nitrogens is 1. The summed E-state index contributed by atoms with van der Waals surface area (Å²) in [6.07, 6.45) is 9.30. The van der Waals surface area contributed by atoms with Gasteiger partial charge in [-0.3, -0.25) is 9.88 Å². The topological polar surface area (TPSA) is 48.5 Å². The number of piperidine rings is 1. The zero-order chi connectivity index (χ0) is 19.9. The number of nitrogens with one attached hydrogen (secondary N) is 1. The van der Waals surface area contributed by atoms with Gasteiger partial charge in [0.05, 0.1) is 0 Å². The van der Waals surface area contributed by atoms with Crippen LogP contribution in [0.2, 0.25) is 0 Å². The van der Waals surface area contributed by atoms with Crippen molar-refractivity contribution in [1.82, 2.24) is 20.1 Å². The summed E-state index contributed by atoms with van der Waals surface area (Å²) >= 11 is 0. The van der Waals surface area contributed by atoms with E-state index in [2.05, 4.69) is 51.6 Å². The van der Waals surface area contributed by atoms with Crippen molar-refractivity contribution in [2.45, 2.75) is 44.6 Å². The quantitative estimate of drug-likeness (QED) is 0.813. The van der Waals surface area contributed by atoms with Crippen molar-refractivity contribution in [2.24, 2.45) is 0 Å². The fraction of sp³-hybridized carbons (Fsp3) is 0.500. The highest BCUT2D eigenvalue weighted by atomic mass is 16.2. The molecule has 4 rings (SSSR count). The summed E-state index contributed by atoms with van der Waals surface area (Å²) in [4.78, 5) is 21.0. The summed E-state index contributed by atoms with van der Waals surface area (Å²) in [5.74, 6) is 0.543. The van der Waals surface area contributed by atoms with E-state index < -0.39 is 0 Å². The van der Waals surface area contributed by atoms with Gasteiger partial charge < -0.3 is 10.2 Å². The number of nitrogens with zero attached hydrogens (tertiary/aromatic N) is 3. The summed E-state index contributed by atoms with van der Waals surface area (Å²) in [6.45, 7) is 5.86. The maximum atomic E-state index is 12.5. The molecule has 0 radical (unpaired) electrons. The SMILES string of the molecule is O=C(NCCc1ccc(CN2CCCC2)cc1)N1CCC(c2ccncc2)CC1. The molecular weight excluding hydrogens is 360 g/mol. The largest absolute Gasteiger partial charge is 0.338 e. The first kappa shape index (κ1) is 19.9. The highest BCUT2D eigenvalue weighted by molar-refractivity contribution is 5.74. The fourth-order valence-corrected chi connectivity index (χ4v) is 4.49. The number of hydrogen-bond acceptors (Lipinski definition) is 3. The second-order valence-electron chi connectivity index (χ2n) is 8.32. The molecule has 154 valence electrons. The van der Waals surface area contributed by atoms with Crippen molar-refractivity contribution < 1.29 is 4.79 Å².